The molecule has 4 nitrogen and oxygen atoms in total. The molecule has 0 aliphatic heterocycles. The first-order chi connectivity index (χ1) is 8.06. The van der Waals surface area contributed by atoms with Gasteiger partial charge in [-0.25, -0.2) is 9.67 Å². The van der Waals surface area contributed by atoms with E-state index in [1.165, 1.54) is 12.8 Å². The van der Waals surface area contributed by atoms with Gasteiger partial charge in [-0.3, -0.25) is 0 Å². The predicted molar refractivity (Wildman–Crippen MR) is 64.7 cm³/mol. The Morgan fingerprint density at radius 1 is 1.35 bits per heavy atom. The van der Waals surface area contributed by atoms with Crippen LogP contribution in [0.3, 0.4) is 0 Å². The zero-order valence-corrected chi connectivity index (χ0v) is 10.6. The SMILES string of the molecule is CC1(C)CCC(O)CC1n1cnc(C2CC2)n1. The van der Waals surface area contributed by atoms with E-state index in [-0.39, 0.29) is 17.6 Å². The third-order valence-corrected chi connectivity index (χ3v) is 4.31. The second-order valence-corrected chi connectivity index (χ2v) is 6.29. The minimum absolute atomic E-state index is 0.179. The van der Waals surface area contributed by atoms with E-state index in [0.717, 1.165) is 25.1 Å². The third-order valence-electron chi connectivity index (χ3n) is 4.31. The van der Waals surface area contributed by atoms with Crippen molar-refractivity contribution in [2.24, 2.45) is 5.41 Å². The van der Waals surface area contributed by atoms with E-state index in [4.69, 9.17) is 0 Å². The Balaban J connectivity index is 1.84. The average molecular weight is 235 g/mol. The van der Waals surface area contributed by atoms with Crippen LogP contribution >= 0.6 is 0 Å². The number of aliphatic hydroxyl groups is 1. The first kappa shape index (κ1) is 11.2. The van der Waals surface area contributed by atoms with Crippen molar-refractivity contribution < 1.29 is 5.11 Å². The van der Waals surface area contributed by atoms with Gasteiger partial charge in [-0.1, -0.05) is 13.8 Å². The van der Waals surface area contributed by atoms with Crippen molar-refractivity contribution in [2.45, 2.75) is 64.0 Å². The van der Waals surface area contributed by atoms with Gasteiger partial charge in [0.05, 0.1) is 12.1 Å². The van der Waals surface area contributed by atoms with E-state index in [1.807, 2.05) is 11.0 Å². The molecule has 94 valence electrons. The highest BCUT2D eigenvalue weighted by Gasteiger charge is 2.38. The lowest BCUT2D eigenvalue weighted by Gasteiger charge is -2.40. The maximum atomic E-state index is 9.84. The molecule has 0 radical (unpaired) electrons. The molecule has 0 bridgehead atoms. The summed E-state index contributed by atoms with van der Waals surface area (Å²) in [7, 11) is 0. The standard InChI is InChI=1S/C13H21N3O/c1-13(2)6-5-10(17)7-11(13)16-8-14-12(15-16)9-3-4-9/h8-11,17H,3-7H2,1-2H3. The highest BCUT2D eigenvalue weighted by molar-refractivity contribution is 5.03. The van der Waals surface area contributed by atoms with Crippen LogP contribution in [0.2, 0.25) is 0 Å². The normalized spacial score (nSPS) is 32.6. The highest BCUT2D eigenvalue weighted by Crippen LogP contribution is 2.44. The molecule has 1 heterocycles. The third kappa shape index (κ3) is 2.10. The van der Waals surface area contributed by atoms with Crippen molar-refractivity contribution >= 4 is 0 Å². The van der Waals surface area contributed by atoms with Gasteiger partial charge in [0.15, 0.2) is 5.82 Å². The Kier molecular flexibility index (Phi) is 2.51. The summed E-state index contributed by atoms with van der Waals surface area (Å²) < 4.78 is 2.00. The van der Waals surface area contributed by atoms with Crippen LogP contribution in [-0.4, -0.2) is 26.0 Å². The number of aliphatic hydroxyl groups excluding tert-OH is 1. The molecule has 0 amide bonds. The molecule has 4 heteroatoms. The summed E-state index contributed by atoms with van der Waals surface area (Å²) >= 11 is 0. The summed E-state index contributed by atoms with van der Waals surface area (Å²) in [6.07, 6.45) is 6.92. The van der Waals surface area contributed by atoms with E-state index >= 15 is 0 Å². The van der Waals surface area contributed by atoms with Gasteiger partial charge in [-0.05, 0) is 37.5 Å². The Morgan fingerprint density at radius 3 is 2.82 bits per heavy atom. The summed E-state index contributed by atoms with van der Waals surface area (Å²) in [5.74, 6) is 1.61. The van der Waals surface area contributed by atoms with Crippen LogP contribution in [0, 0.1) is 5.41 Å². The number of aromatic nitrogens is 3. The Hall–Kier alpha value is -0.900. The van der Waals surface area contributed by atoms with Gasteiger partial charge in [0, 0.05) is 5.92 Å². The molecule has 0 spiro atoms. The summed E-state index contributed by atoms with van der Waals surface area (Å²) in [5.41, 5.74) is 0.202. The predicted octanol–water partition coefficient (Wildman–Crippen LogP) is 2.27. The molecule has 1 aromatic heterocycles. The number of nitrogens with zero attached hydrogens (tertiary/aromatic N) is 3. The zero-order valence-electron chi connectivity index (χ0n) is 10.6. The first-order valence-electron chi connectivity index (χ1n) is 6.65. The summed E-state index contributed by atoms with van der Waals surface area (Å²) in [5, 5.41) is 14.5. The number of hydrogen-bond donors (Lipinski definition) is 1. The van der Waals surface area contributed by atoms with Crippen molar-refractivity contribution in [3.63, 3.8) is 0 Å². The second kappa shape index (κ2) is 3.80. The molecule has 2 aliphatic rings. The molecule has 17 heavy (non-hydrogen) atoms. The van der Waals surface area contributed by atoms with Gasteiger partial charge in [0.2, 0.25) is 0 Å². The van der Waals surface area contributed by atoms with Crippen LogP contribution in [0.1, 0.15) is 63.7 Å². The van der Waals surface area contributed by atoms with Crippen LogP contribution in [0.25, 0.3) is 0 Å². The van der Waals surface area contributed by atoms with Crippen molar-refractivity contribution in [2.75, 3.05) is 0 Å². The molecule has 0 saturated heterocycles. The van der Waals surface area contributed by atoms with Gasteiger partial charge in [-0.15, -0.1) is 0 Å². The topological polar surface area (TPSA) is 50.9 Å². The van der Waals surface area contributed by atoms with Gasteiger partial charge in [0.25, 0.3) is 0 Å². The summed E-state index contributed by atoms with van der Waals surface area (Å²) in [4.78, 5) is 4.41. The average Bonchev–Trinajstić information content (AvgIpc) is 3.01. The Labute approximate surface area is 102 Å². The minimum Gasteiger partial charge on any atom is -0.393 e. The molecular weight excluding hydrogens is 214 g/mol. The fourth-order valence-corrected chi connectivity index (χ4v) is 2.83. The molecule has 1 N–H and O–H groups in total. The summed E-state index contributed by atoms with van der Waals surface area (Å²) in [6, 6.07) is 0.284. The van der Waals surface area contributed by atoms with Gasteiger partial charge in [0.1, 0.15) is 6.33 Å². The largest absolute Gasteiger partial charge is 0.393 e. The van der Waals surface area contributed by atoms with Gasteiger partial charge < -0.3 is 5.11 Å². The number of hydrogen-bond acceptors (Lipinski definition) is 3. The molecule has 2 fully saturated rings. The van der Waals surface area contributed by atoms with Crippen molar-refractivity contribution in [3.05, 3.63) is 12.2 Å². The van der Waals surface area contributed by atoms with Crippen LogP contribution < -0.4 is 0 Å². The van der Waals surface area contributed by atoms with Crippen LogP contribution in [-0.2, 0) is 0 Å². The number of rotatable bonds is 2. The van der Waals surface area contributed by atoms with Crippen LogP contribution in [0.5, 0.6) is 0 Å². The quantitative estimate of drug-likeness (QED) is 0.855. The zero-order chi connectivity index (χ0) is 12.0. The molecule has 2 aliphatic carbocycles. The smallest absolute Gasteiger partial charge is 0.153 e. The van der Waals surface area contributed by atoms with E-state index in [0.29, 0.717) is 5.92 Å². The fraction of sp³-hybridized carbons (Fsp3) is 0.846. The molecule has 2 saturated carbocycles. The highest BCUT2D eigenvalue weighted by atomic mass is 16.3. The van der Waals surface area contributed by atoms with E-state index < -0.39 is 0 Å². The van der Waals surface area contributed by atoms with E-state index in [1.54, 1.807) is 0 Å². The lowest BCUT2D eigenvalue weighted by Crippen LogP contribution is -2.36. The second-order valence-electron chi connectivity index (χ2n) is 6.29. The maximum absolute atomic E-state index is 9.84. The molecule has 3 rings (SSSR count). The van der Waals surface area contributed by atoms with Gasteiger partial charge >= 0.3 is 0 Å². The van der Waals surface area contributed by atoms with E-state index in [2.05, 4.69) is 23.9 Å². The van der Waals surface area contributed by atoms with Crippen LogP contribution in [0.15, 0.2) is 6.33 Å². The fourth-order valence-electron chi connectivity index (χ4n) is 2.83. The lowest BCUT2D eigenvalue weighted by molar-refractivity contribution is 0.0290. The van der Waals surface area contributed by atoms with Crippen LogP contribution in [0.4, 0.5) is 0 Å². The molecule has 2 unspecified atom stereocenters. The molecule has 2 atom stereocenters. The maximum Gasteiger partial charge on any atom is 0.153 e. The Bertz CT molecular complexity index is 409. The Morgan fingerprint density at radius 2 is 2.12 bits per heavy atom. The molecular formula is C13H21N3O. The molecule has 0 aromatic carbocycles. The van der Waals surface area contributed by atoms with Crippen molar-refractivity contribution in [1.82, 2.24) is 14.8 Å². The summed E-state index contributed by atoms with van der Waals surface area (Å²) in [6.45, 7) is 4.53. The van der Waals surface area contributed by atoms with Crippen molar-refractivity contribution in [1.29, 1.82) is 0 Å². The van der Waals surface area contributed by atoms with Crippen molar-refractivity contribution in [3.8, 4) is 0 Å². The minimum atomic E-state index is -0.179. The first-order valence-corrected chi connectivity index (χ1v) is 6.65. The lowest BCUT2D eigenvalue weighted by atomic mass is 9.72. The molecule has 1 aromatic rings. The van der Waals surface area contributed by atoms with Gasteiger partial charge in [-0.2, -0.15) is 5.10 Å². The monoisotopic (exact) mass is 235 g/mol. The van der Waals surface area contributed by atoms with E-state index in [9.17, 15) is 5.11 Å².